The number of nitrogens with one attached hydrogen (secondary N) is 1. The van der Waals surface area contributed by atoms with Crippen LogP contribution in [-0.4, -0.2) is 40.1 Å². The molecule has 1 saturated heterocycles. The molecule has 3 heterocycles. The Labute approximate surface area is 149 Å². The van der Waals surface area contributed by atoms with Crippen molar-refractivity contribution in [2.45, 2.75) is 25.3 Å². The molecule has 0 amide bonds. The summed E-state index contributed by atoms with van der Waals surface area (Å²) in [7, 11) is 1.61. The SMILES string of the molecule is COc1ccc(N)c(Cc2nc3c(cnn3C3CCOCC3)c(=O)[nH]2)c1. The van der Waals surface area contributed by atoms with Crippen molar-refractivity contribution in [3.8, 4) is 5.75 Å². The largest absolute Gasteiger partial charge is 0.497 e. The minimum absolute atomic E-state index is 0.190. The van der Waals surface area contributed by atoms with Gasteiger partial charge < -0.3 is 20.2 Å². The van der Waals surface area contributed by atoms with Crippen LogP contribution in [0.1, 0.15) is 30.3 Å². The molecule has 1 aromatic carbocycles. The highest BCUT2D eigenvalue weighted by molar-refractivity contribution is 5.73. The Morgan fingerprint density at radius 3 is 2.96 bits per heavy atom. The zero-order chi connectivity index (χ0) is 18.1. The maximum atomic E-state index is 12.5. The number of hydrogen-bond acceptors (Lipinski definition) is 6. The first-order valence-electron chi connectivity index (χ1n) is 8.62. The monoisotopic (exact) mass is 355 g/mol. The van der Waals surface area contributed by atoms with Gasteiger partial charge in [0, 0.05) is 25.3 Å². The lowest BCUT2D eigenvalue weighted by Crippen LogP contribution is -2.21. The first-order valence-corrected chi connectivity index (χ1v) is 8.62. The summed E-state index contributed by atoms with van der Waals surface area (Å²) in [5, 5.41) is 4.91. The molecule has 0 spiro atoms. The first kappa shape index (κ1) is 16.6. The molecule has 0 saturated carbocycles. The second-order valence-corrected chi connectivity index (χ2v) is 6.42. The second kappa shape index (κ2) is 6.80. The Bertz CT molecular complexity index is 988. The molecule has 26 heavy (non-hydrogen) atoms. The van der Waals surface area contributed by atoms with E-state index in [0.29, 0.717) is 47.9 Å². The van der Waals surface area contributed by atoms with E-state index in [2.05, 4.69) is 15.1 Å². The smallest absolute Gasteiger partial charge is 0.262 e. The normalized spacial score (nSPS) is 15.4. The van der Waals surface area contributed by atoms with Crippen LogP contribution in [0.3, 0.4) is 0 Å². The van der Waals surface area contributed by atoms with Crippen molar-refractivity contribution in [3.05, 3.63) is 46.1 Å². The maximum Gasteiger partial charge on any atom is 0.262 e. The van der Waals surface area contributed by atoms with E-state index in [9.17, 15) is 4.79 Å². The lowest BCUT2D eigenvalue weighted by molar-refractivity contribution is 0.0673. The average molecular weight is 355 g/mol. The van der Waals surface area contributed by atoms with Crippen molar-refractivity contribution in [1.82, 2.24) is 19.7 Å². The number of benzene rings is 1. The summed E-state index contributed by atoms with van der Waals surface area (Å²) in [5.74, 6) is 1.26. The van der Waals surface area contributed by atoms with Gasteiger partial charge in [-0.05, 0) is 36.6 Å². The summed E-state index contributed by atoms with van der Waals surface area (Å²) in [6.45, 7) is 1.39. The Morgan fingerprint density at radius 1 is 1.38 bits per heavy atom. The van der Waals surface area contributed by atoms with E-state index < -0.39 is 0 Å². The molecule has 8 nitrogen and oxygen atoms in total. The molecule has 136 valence electrons. The van der Waals surface area contributed by atoms with E-state index in [1.807, 2.05) is 10.7 Å². The number of aromatic nitrogens is 4. The van der Waals surface area contributed by atoms with Crippen LogP contribution in [0.5, 0.6) is 5.75 Å². The third-order valence-electron chi connectivity index (χ3n) is 4.76. The van der Waals surface area contributed by atoms with E-state index in [-0.39, 0.29) is 11.6 Å². The van der Waals surface area contributed by atoms with Gasteiger partial charge in [-0.25, -0.2) is 9.67 Å². The molecule has 3 aromatic rings. The number of nitrogens with zero attached hydrogens (tertiary/aromatic N) is 3. The first-order chi connectivity index (χ1) is 12.7. The second-order valence-electron chi connectivity index (χ2n) is 6.42. The summed E-state index contributed by atoms with van der Waals surface area (Å²) >= 11 is 0. The van der Waals surface area contributed by atoms with E-state index in [0.717, 1.165) is 18.4 Å². The van der Waals surface area contributed by atoms with Gasteiger partial charge in [0.2, 0.25) is 0 Å². The van der Waals surface area contributed by atoms with Crippen LogP contribution in [-0.2, 0) is 11.2 Å². The van der Waals surface area contributed by atoms with E-state index >= 15 is 0 Å². The van der Waals surface area contributed by atoms with Gasteiger partial charge in [-0.3, -0.25) is 4.79 Å². The van der Waals surface area contributed by atoms with Crippen molar-refractivity contribution in [3.63, 3.8) is 0 Å². The number of fused-ring (bicyclic) bond motifs is 1. The highest BCUT2D eigenvalue weighted by Gasteiger charge is 2.20. The molecular weight excluding hydrogens is 334 g/mol. The van der Waals surface area contributed by atoms with Gasteiger partial charge in [-0.2, -0.15) is 5.10 Å². The zero-order valence-corrected chi connectivity index (χ0v) is 14.6. The van der Waals surface area contributed by atoms with Crippen LogP contribution in [0.4, 0.5) is 5.69 Å². The van der Waals surface area contributed by atoms with Crippen LogP contribution in [0.2, 0.25) is 0 Å². The average Bonchev–Trinajstić information content (AvgIpc) is 3.09. The number of aromatic amines is 1. The standard InChI is InChI=1S/C18H21N5O3/c1-25-13-2-3-15(19)11(8-13)9-16-21-17-14(18(24)22-16)10-20-23(17)12-4-6-26-7-5-12/h2-3,8,10,12H,4-7,9,19H2,1H3,(H,21,22,24). The molecule has 3 N–H and O–H groups in total. The summed E-state index contributed by atoms with van der Waals surface area (Å²) in [6.07, 6.45) is 3.72. The number of nitrogen functional groups attached to an aromatic ring is 1. The minimum Gasteiger partial charge on any atom is -0.497 e. The molecule has 1 aliphatic heterocycles. The summed E-state index contributed by atoms with van der Waals surface area (Å²) in [5.41, 5.74) is 7.96. The Hall–Kier alpha value is -2.87. The van der Waals surface area contributed by atoms with Gasteiger partial charge in [-0.1, -0.05) is 0 Å². The van der Waals surface area contributed by atoms with E-state index in [4.69, 9.17) is 15.2 Å². The fourth-order valence-corrected chi connectivity index (χ4v) is 3.30. The van der Waals surface area contributed by atoms with Crippen molar-refractivity contribution >= 4 is 16.7 Å². The molecule has 0 radical (unpaired) electrons. The number of H-pyrrole nitrogens is 1. The number of hydrogen-bond donors (Lipinski definition) is 2. The third-order valence-corrected chi connectivity index (χ3v) is 4.76. The number of anilines is 1. The van der Waals surface area contributed by atoms with E-state index in [1.54, 1.807) is 25.4 Å². The van der Waals surface area contributed by atoms with Gasteiger partial charge >= 0.3 is 0 Å². The number of nitrogens with two attached hydrogens (primary N) is 1. The Kier molecular flexibility index (Phi) is 4.34. The molecule has 0 atom stereocenters. The molecule has 1 aliphatic rings. The van der Waals surface area contributed by atoms with Crippen LogP contribution >= 0.6 is 0 Å². The molecule has 4 rings (SSSR count). The Balaban J connectivity index is 1.73. The number of methoxy groups -OCH3 is 1. The van der Waals surface area contributed by atoms with Gasteiger partial charge in [0.25, 0.3) is 5.56 Å². The Morgan fingerprint density at radius 2 is 2.19 bits per heavy atom. The quantitative estimate of drug-likeness (QED) is 0.689. The maximum absolute atomic E-state index is 12.5. The summed E-state index contributed by atoms with van der Waals surface area (Å²) < 4.78 is 12.5. The van der Waals surface area contributed by atoms with Crippen molar-refractivity contribution in [2.24, 2.45) is 0 Å². The van der Waals surface area contributed by atoms with Gasteiger partial charge in [-0.15, -0.1) is 0 Å². The van der Waals surface area contributed by atoms with Crippen LogP contribution in [0.15, 0.2) is 29.2 Å². The molecule has 2 aromatic heterocycles. The predicted molar refractivity (Wildman–Crippen MR) is 97.5 cm³/mol. The minimum atomic E-state index is -0.190. The topological polar surface area (TPSA) is 108 Å². The summed E-state index contributed by atoms with van der Waals surface area (Å²) in [6, 6.07) is 5.65. The third kappa shape index (κ3) is 3.03. The molecule has 1 fully saturated rings. The van der Waals surface area contributed by atoms with Gasteiger partial charge in [0.05, 0.1) is 19.3 Å². The highest BCUT2D eigenvalue weighted by Crippen LogP contribution is 2.24. The van der Waals surface area contributed by atoms with Crippen LogP contribution in [0, 0.1) is 0 Å². The highest BCUT2D eigenvalue weighted by atomic mass is 16.5. The molecule has 0 unspecified atom stereocenters. The molecule has 8 heteroatoms. The summed E-state index contributed by atoms with van der Waals surface area (Å²) in [4.78, 5) is 20.0. The number of rotatable bonds is 4. The van der Waals surface area contributed by atoms with Gasteiger partial charge in [0.15, 0.2) is 5.65 Å². The molecule has 0 aliphatic carbocycles. The molecular formula is C18H21N5O3. The predicted octanol–water partition coefficient (Wildman–Crippen LogP) is 1.65. The van der Waals surface area contributed by atoms with Crippen LogP contribution in [0.25, 0.3) is 11.0 Å². The number of ether oxygens (including phenoxy) is 2. The van der Waals surface area contributed by atoms with Crippen molar-refractivity contribution in [1.29, 1.82) is 0 Å². The fraction of sp³-hybridized carbons (Fsp3) is 0.389. The zero-order valence-electron chi connectivity index (χ0n) is 14.6. The van der Waals surface area contributed by atoms with E-state index in [1.165, 1.54) is 0 Å². The fourth-order valence-electron chi connectivity index (χ4n) is 3.30. The van der Waals surface area contributed by atoms with Crippen molar-refractivity contribution < 1.29 is 9.47 Å². The molecule has 0 bridgehead atoms. The lowest BCUT2D eigenvalue weighted by atomic mass is 10.1. The van der Waals surface area contributed by atoms with Crippen molar-refractivity contribution in [2.75, 3.05) is 26.1 Å². The van der Waals surface area contributed by atoms with Crippen LogP contribution < -0.4 is 16.0 Å². The van der Waals surface area contributed by atoms with Gasteiger partial charge in [0.1, 0.15) is 17.0 Å². The lowest BCUT2D eigenvalue weighted by Gasteiger charge is -2.22.